The fourth-order valence-electron chi connectivity index (χ4n) is 2.07. The topological polar surface area (TPSA) is 76.0 Å². The molecule has 2 aromatic rings. The molecule has 6 nitrogen and oxygen atoms in total. The van der Waals surface area contributed by atoms with Crippen LogP contribution in [0.3, 0.4) is 0 Å². The molecule has 1 aliphatic carbocycles. The summed E-state index contributed by atoms with van der Waals surface area (Å²) in [6, 6.07) is 9.53. The van der Waals surface area contributed by atoms with Gasteiger partial charge >= 0.3 is 0 Å². The van der Waals surface area contributed by atoms with Gasteiger partial charge in [0.05, 0.1) is 6.20 Å². The van der Waals surface area contributed by atoms with Gasteiger partial charge < -0.3 is 5.32 Å². The molecule has 3 rings (SSSR count). The number of anilines is 1. The fraction of sp³-hybridized carbons (Fsp3) is 0.357. The Hall–Kier alpha value is -1.86. The molecule has 1 heterocycles. The lowest BCUT2D eigenvalue weighted by Crippen LogP contribution is -2.17. The number of aromatic nitrogens is 2. The highest BCUT2D eigenvalue weighted by atomic mass is 32.2. The van der Waals surface area contributed by atoms with Crippen molar-refractivity contribution in [2.45, 2.75) is 30.5 Å². The summed E-state index contributed by atoms with van der Waals surface area (Å²) < 4.78 is 28.3. The summed E-state index contributed by atoms with van der Waals surface area (Å²) in [5.74, 6) is 0. The van der Waals surface area contributed by atoms with Crippen LogP contribution in [0.15, 0.2) is 41.6 Å². The van der Waals surface area contributed by atoms with Crippen LogP contribution in [0.1, 0.15) is 18.4 Å². The predicted octanol–water partition coefficient (Wildman–Crippen LogP) is 1.47. The van der Waals surface area contributed by atoms with Gasteiger partial charge in [0.1, 0.15) is 0 Å². The summed E-state index contributed by atoms with van der Waals surface area (Å²) >= 11 is 0. The Morgan fingerprint density at radius 1 is 1.24 bits per heavy atom. The molecular weight excluding hydrogens is 288 g/mol. The summed E-state index contributed by atoms with van der Waals surface area (Å²) in [4.78, 5) is 0. The van der Waals surface area contributed by atoms with Crippen molar-refractivity contribution < 1.29 is 8.42 Å². The second kappa shape index (κ2) is 5.50. The predicted molar refractivity (Wildman–Crippen MR) is 80.3 cm³/mol. The molecule has 1 aromatic carbocycles. The Bertz CT molecular complexity index is 718. The number of rotatable bonds is 6. The maximum atomic E-state index is 12.2. The second-order valence-corrected chi connectivity index (χ2v) is 6.88. The van der Waals surface area contributed by atoms with E-state index in [0.717, 1.165) is 12.1 Å². The summed E-state index contributed by atoms with van der Waals surface area (Å²) in [6.45, 7) is 0.819. The van der Waals surface area contributed by atoms with Crippen molar-refractivity contribution in [3.8, 4) is 0 Å². The van der Waals surface area contributed by atoms with E-state index in [1.54, 1.807) is 19.2 Å². The molecule has 0 bridgehead atoms. The molecule has 0 radical (unpaired) electrons. The first kappa shape index (κ1) is 14.1. The minimum absolute atomic E-state index is 0.141. The minimum atomic E-state index is -3.59. The number of aryl methyl sites for hydroxylation is 1. The first-order valence-corrected chi connectivity index (χ1v) is 8.36. The fourth-order valence-corrected chi connectivity index (χ4v) is 3.26. The van der Waals surface area contributed by atoms with Crippen LogP contribution in [-0.2, 0) is 23.6 Å². The summed E-state index contributed by atoms with van der Waals surface area (Å²) in [5, 5.41) is 7.44. The molecule has 1 fully saturated rings. The lowest BCUT2D eigenvalue weighted by atomic mass is 10.2. The Balaban J connectivity index is 1.68. The number of hydrogen-bond acceptors (Lipinski definition) is 4. The van der Waals surface area contributed by atoms with Gasteiger partial charge in [0, 0.05) is 25.3 Å². The van der Waals surface area contributed by atoms with Gasteiger partial charge in [-0.25, -0.2) is 0 Å². The molecular formula is C14H18N4O2S. The molecule has 112 valence electrons. The van der Waals surface area contributed by atoms with Gasteiger partial charge in [-0.2, -0.15) is 13.5 Å². The van der Waals surface area contributed by atoms with Crippen LogP contribution in [0, 0.1) is 0 Å². The SMILES string of the molecule is Cn1nccc1S(=O)(=O)Nc1ccc(CNC2CC2)cc1. The highest BCUT2D eigenvalue weighted by Gasteiger charge is 2.20. The van der Waals surface area contributed by atoms with Crippen LogP contribution >= 0.6 is 0 Å². The van der Waals surface area contributed by atoms with E-state index in [-0.39, 0.29) is 5.03 Å². The number of nitrogens with zero attached hydrogens (tertiary/aromatic N) is 2. The molecule has 0 amide bonds. The van der Waals surface area contributed by atoms with Gasteiger partial charge in [-0.05, 0) is 36.6 Å². The molecule has 0 spiro atoms. The molecule has 0 aliphatic heterocycles. The molecule has 1 aliphatic rings. The smallest absolute Gasteiger partial charge is 0.279 e. The molecule has 7 heteroatoms. The van der Waals surface area contributed by atoms with E-state index in [1.165, 1.54) is 29.8 Å². The average molecular weight is 306 g/mol. The highest BCUT2D eigenvalue weighted by molar-refractivity contribution is 7.92. The number of nitrogens with one attached hydrogen (secondary N) is 2. The first-order chi connectivity index (χ1) is 10.0. The van der Waals surface area contributed by atoms with E-state index >= 15 is 0 Å². The zero-order chi connectivity index (χ0) is 14.9. The second-order valence-electron chi connectivity index (χ2n) is 5.25. The van der Waals surface area contributed by atoms with Crippen molar-refractivity contribution >= 4 is 15.7 Å². The van der Waals surface area contributed by atoms with Crippen LogP contribution in [0.4, 0.5) is 5.69 Å². The molecule has 0 saturated heterocycles. The van der Waals surface area contributed by atoms with Crippen LogP contribution in [0.2, 0.25) is 0 Å². The van der Waals surface area contributed by atoms with Crippen LogP contribution in [0.25, 0.3) is 0 Å². The van der Waals surface area contributed by atoms with Gasteiger partial charge in [-0.15, -0.1) is 0 Å². The number of sulfonamides is 1. The lowest BCUT2D eigenvalue weighted by molar-refractivity contribution is 0.582. The summed E-state index contributed by atoms with van der Waals surface area (Å²) in [6.07, 6.45) is 3.96. The maximum Gasteiger partial charge on any atom is 0.279 e. The third-order valence-corrected chi connectivity index (χ3v) is 4.89. The normalized spacial score (nSPS) is 15.1. The zero-order valence-electron chi connectivity index (χ0n) is 11.8. The van der Waals surface area contributed by atoms with Gasteiger partial charge in [-0.3, -0.25) is 9.40 Å². The van der Waals surface area contributed by atoms with Gasteiger partial charge in [-0.1, -0.05) is 12.1 Å². The maximum absolute atomic E-state index is 12.2. The van der Waals surface area contributed by atoms with E-state index < -0.39 is 10.0 Å². The van der Waals surface area contributed by atoms with Gasteiger partial charge in [0.2, 0.25) is 0 Å². The van der Waals surface area contributed by atoms with Crippen LogP contribution in [0.5, 0.6) is 0 Å². The largest absolute Gasteiger partial charge is 0.310 e. The van der Waals surface area contributed by atoms with E-state index in [4.69, 9.17) is 0 Å². The van der Waals surface area contributed by atoms with E-state index in [9.17, 15) is 8.42 Å². The monoisotopic (exact) mass is 306 g/mol. The zero-order valence-corrected chi connectivity index (χ0v) is 12.6. The summed E-state index contributed by atoms with van der Waals surface area (Å²) in [7, 11) is -2.00. The average Bonchev–Trinajstić information content (AvgIpc) is 3.17. The number of hydrogen-bond donors (Lipinski definition) is 2. The van der Waals surface area contributed by atoms with Gasteiger partial charge in [0.25, 0.3) is 10.0 Å². The third-order valence-electron chi connectivity index (χ3n) is 3.43. The van der Waals surface area contributed by atoms with Crippen molar-refractivity contribution in [1.29, 1.82) is 0 Å². The quantitative estimate of drug-likeness (QED) is 0.847. The van der Waals surface area contributed by atoms with Gasteiger partial charge in [0.15, 0.2) is 5.03 Å². The van der Waals surface area contributed by atoms with Crippen molar-refractivity contribution in [3.63, 3.8) is 0 Å². The first-order valence-electron chi connectivity index (χ1n) is 6.88. The standard InChI is InChI=1S/C14H18N4O2S/c1-18-14(8-9-16-18)21(19,20)17-13-4-2-11(3-5-13)10-15-12-6-7-12/h2-5,8-9,12,15,17H,6-7,10H2,1H3. The molecule has 0 unspecified atom stereocenters. The Kier molecular flexibility index (Phi) is 3.69. The molecule has 0 atom stereocenters. The highest BCUT2D eigenvalue weighted by Crippen LogP contribution is 2.20. The van der Waals surface area contributed by atoms with Crippen molar-refractivity contribution in [2.24, 2.45) is 7.05 Å². The Labute approximate surface area is 124 Å². The van der Waals surface area contributed by atoms with Crippen molar-refractivity contribution in [1.82, 2.24) is 15.1 Å². The number of benzene rings is 1. The van der Waals surface area contributed by atoms with E-state index in [2.05, 4.69) is 15.1 Å². The van der Waals surface area contributed by atoms with Crippen LogP contribution < -0.4 is 10.0 Å². The summed E-state index contributed by atoms with van der Waals surface area (Å²) in [5.41, 5.74) is 1.69. The van der Waals surface area contributed by atoms with E-state index in [1.807, 2.05) is 12.1 Å². The Morgan fingerprint density at radius 2 is 1.95 bits per heavy atom. The lowest BCUT2D eigenvalue weighted by Gasteiger charge is -2.09. The molecule has 2 N–H and O–H groups in total. The van der Waals surface area contributed by atoms with Crippen molar-refractivity contribution in [3.05, 3.63) is 42.1 Å². The molecule has 21 heavy (non-hydrogen) atoms. The molecule has 1 saturated carbocycles. The van der Waals surface area contributed by atoms with Crippen molar-refractivity contribution in [2.75, 3.05) is 4.72 Å². The third kappa shape index (κ3) is 3.43. The van der Waals surface area contributed by atoms with Crippen LogP contribution in [-0.4, -0.2) is 24.2 Å². The Morgan fingerprint density at radius 3 is 2.52 bits per heavy atom. The minimum Gasteiger partial charge on any atom is -0.310 e. The van der Waals surface area contributed by atoms with E-state index in [0.29, 0.717) is 11.7 Å². The molecule has 1 aromatic heterocycles.